The molecule has 0 spiro atoms. The minimum atomic E-state index is -3.68. The van der Waals surface area contributed by atoms with Crippen LogP contribution in [-0.2, 0) is 19.6 Å². The molecule has 1 aromatic rings. The Morgan fingerprint density at radius 3 is 2.19 bits per heavy atom. The van der Waals surface area contributed by atoms with Crippen LogP contribution in [0.25, 0.3) is 0 Å². The average molecular weight is 243 g/mol. The van der Waals surface area contributed by atoms with Gasteiger partial charge in [-0.25, -0.2) is 13.6 Å². The summed E-state index contributed by atoms with van der Waals surface area (Å²) in [5, 5.41) is 4.95. The smallest absolute Gasteiger partial charge is 0.303 e. The second-order valence-electron chi connectivity index (χ2n) is 3.37. The number of carbonyl (C=O) groups is 1. The van der Waals surface area contributed by atoms with Gasteiger partial charge in [0.25, 0.3) is 0 Å². The van der Waals surface area contributed by atoms with Gasteiger partial charge in [0.05, 0.1) is 4.90 Å². The first-order chi connectivity index (χ1) is 7.30. The van der Waals surface area contributed by atoms with Gasteiger partial charge in [-0.1, -0.05) is 12.1 Å². The zero-order chi connectivity index (χ0) is 12.3. The van der Waals surface area contributed by atoms with Gasteiger partial charge in [-0.2, -0.15) is 0 Å². The van der Waals surface area contributed by atoms with Gasteiger partial charge in [-0.05, 0) is 24.6 Å². The van der Waals surface area contributed by atoms with Crippen molar-refractivity contribution in [2.75, 3.05) is 0 Å². The first-order valence-corrected chi connectivity index (χ1v) is 6.15. The third kappa shape index (κ3) is 3.32. The standard InChI is InChI=1S/C10H13NO4S/c1-7(15-8(2)12)9-3-5-10(6-4-9)16(11,13)14/h3-7H,1-2H3,(H2,11,13,14)/t7-/m1/s1. The van der Waals surface area contributed by atoms with Crippen LogP contribution in [0.15, 0.2) is 29.2 Å². The van der Waals surface area contributed by atoms with Crippen molar-refractivity contribution in [3.8, 4) is 0 Å². The van der Waals surface area contributed by atoms with E-state index in [9.17, 15) is 13.2 Å². The Kier molecular flexibility index (Phi) is 3.66. The highest BCUT2D eigenvalue weighted by Crippen LogP contribution is 2.18. The molecule has 0 unspecified atom stereocenters. The van der Waals surface area contributed by atoms with E-state index in [-0.39, 0.29) is 10.9 Å². The molecule has 16 heavy (non-hydrogen) atoms. The van der Waals surface area contributed by atoms with Gasteiger partial charge in [0.2, 0.25) is 10.0 Å². The molecule has 0 bridgehead atoms. The fraction of sp³-hybridized carbons (Fsp3) is 0.300. The largest absolute Gasteiger partial charge is 0.458 e. The second kappa shape index (κ2) is 4.63. The molecule has 0 radical (unpaired) electrons. The molecule has 0 aromatic heterocycles. The third-order valence-electron chi connectivity index (χ3n) is 2.02. The van der Waals surface area contributed by atoms with Gasteiger partial charge in [0, 0.05) is 6.92 Å². The third-order valence-corrected chi connectivity index (χ3v) is 2.95. The fourth-order valence-corrected chi connectivity index (χ4v) is 1.76. The molecule has 0 heterocycles. The molecule has 1 rings (SSSR count). The Hall–Kier alpha value is -1.40. The van der Waals surface area contributed by atoms with E-state index in [0.29, 0.717) is 5.56 Å². The SMILES string of the molecule is CC(=O)O[C@H](C)c1ccc(S(N)(=O)=O)cc1. The molecular weight excluding hydrogens is 230 g/mol. The van der Waals surface area contributed by atoms with Crippen molar-refractivity contribution < 1.29 is 17.9 Å². The van der Waals surface area contributed by atoms with Crippen molar-refractivity contribution in [1.82, 2.24) is 0 Å². The van der Waals surface area contributed by atoms with Gasteiger partial charge in [0.15, 0.2) is 0 Å². The Morgan fingerprint density at radius 1 is 1.31 bits per heavy atom. The maximum Gasteiger partial charge on any atom is 0.303 e. The van der Waals surface area contributed by atoms with Gasteiger partial charge >= 0.3 is 5.97 Å². The number of esters is 1. The lowest BCUT2D eigenvalue weighted by Gasteiger charge is -2.12. The molecule has 0 saturated carbocycles. The first kappa shape index (κ1) is 12.7. The summed E-state index contributed by atoms with van der Waals surface area (Å²) in [5.74, 6) is -0.386. The zero-order valence-electron chi connectivity index (χ0n) is 9.01. The minimum absolute atomic E-state index is 0.0336. The molecule has 88 valence electrons. The molecule has 0 aliphatic heterocycles. The zero-order valence-corrected chi connectivity index (χ0v) is 9.82. The normalized spacial score (nSPS) is 13.2. The lowest BCUT2D eigenvalue weighted by Crippen LogP contribution is -2.12. The van der Waals surface area contributed by atoms with Crippen LogP contribution in [0.3, 0.4) is 0 Å². The number of primary sulfonamides is 1. The summed E-state index contributed by atoms with van der Waals surface area (Å²) in [4.78, 5) is 10.7. The number of hydrogen-bond donors (Lipinski definition) is 1. The number of hydrogen-bond acceptors (Lipinski definition) is 4. The molecule has 1 aromatic carbocycles. The Balaban J connectivity index is 2.91. The quantitative estimate of drug-likeness (QED) is 0.801. The molecule has 2 N–H and O–H groups in total. The highest BCUT2D eigenvalue weighted by molar-refractivity contribution is 7.89. The van der Waals surface area contributed by atoms with Crippen molar-refractivity contribution in [3.05, 3.63) is 29.8 Å². The Labute approximate surface area is 94.3 Å². The van der Waals surface area contributed by atoms with E-state index in [2.05, 4.69) is 0 Å². The van der Waals surface area contributed by atoms with E-state index in [0.717, 1.165) is 0 Å². The van der Waals surface area contributed by atoms with Gasteiger partial charge in [-0.15, -0.1) is 0 Å². The molecule has 0 fully saturated rings. The molecule has 1 atom stereocenters. The van der Waals surface area contributed by atoms with E-state index in [1.54, 1.807) is 19.1 Å². The summed E-state index contributed by atoms with van der Waals surface area (Å²) < 4.78 is 26.9. The van der Waals surface area contributed by atoms with Crippen molar-refractivity contribution in [2.24, 2.45) is 5.14 Å². The van der Waals surface area contributed by atoms with Crippen molar-refractivity contribution in [3.63, 3.8) is 0 Å². The average Bonchev–Trinajstić information content (AvgIpc) is 2.15. The molecule has 6 heteroatoms. The van der Waals surface area contributed by atoms with Crippen LogP contribution in [0.1, 0.15) is 25.5 Å². The molecule has 0 aliphatic rings. The van der Waals surface area contributed by atoms with E-state index in [1.165, 1.54) is 19.1 Å². The number of ether oxygens (including phenoxy) is 1. The molecular formula is C10H13NO4S. The van der Waals surface area contributed by atoms with Crippen LogP contribution < -0.4 is 5.14 Å². The van der Waals surface area contributed by atoms with E-state index in [4.69, 9.17) is 9.88 Å². The predicted molar refractivity (Wildman–Crippen MR) is 58.0 cm³/mol. The minimum Gasteiger partial charge on any atom is -0.458 e. The summed E-state index contributed by atoms with van der Waals surface area (Å²) in [6.07, 6.45) is -0.410. The van der Waals surface area contributed by atoms with Crippen LogP contribution >= 0.6 is 0 Å². The number of carbonyl (C=O) groups excluding carboxylic acids is 1. The summed E-state index contributed by atoms with van der Waals surface area (Å²) in [7, 11) is -3.68. The van der Waals surface area contributed by atoms with E-state index < -0.39 is 16.1 Å². The number of benzene rings is 1. The summed E-state index contributed by atoms with van der Waals surface area (Å²) >= 11 is 0. The lowest BCUT2D eigenvalue weighted by atomic mass is 10.1. The monoisotopic (exact) mass is 243 g/mol. The fourth-order valence-electron chi connectivity index (χ4n) is 1.25. The topological polar surface area (TPSA) is 86.5 Å². The van der Waals surface area contributed by atoms with Crippen LogP contribution in [0.4, 0.5) is 0 Å². The molecule has 0 saturated heterocycles. The van der Waals surface area contributed by atoms with Crippen molar-refractivity contribution >= 4 is 16.0 Å². The van der Waals surface area contributed by atoms with Crippen LogP contribution in [-0.4, -0.2) is 14.4 Å². The van der Waals surface area contributed by atoms with Crippen LogP contribution in [0.2, 0.25) is 0 Å². The molecule has 5 nitrogen and oxygen atoms in total. The Morgan fingerprint density at radius 2 is 1.81 bits per heavy atom. The first-order valence-electron chi connectivity index (χ1n) is 4.60. The second-order valence-corrected chi connectivity index (χ2v) is 4.93. The summed E-state index contributed by atoms with van der Waals surface area (Å²) in [6, 6.07) is 5.88. The van der Waals surface area contributed by atoms with Gasteiger partial charge < -0.3 is 4.74 Å². The number of nitrogens with two attached hydrogens (primary N) is 1. The maximum absolute atomic E-state index is 11.0. The number of rotatable bonds is 3. The molecule has 0 aliphatic carbocycles. The van der Waals surface area contributed by atoms with Crippen molar-refractivity contribution in [1.29, 1.82) is 0 Å². The van der Waals surface area contributed by atoms with Gasteiger partial charge in [0.1, 0.15) is 6.10 Å². The van der Waals surface area contributed by atoms with Gasteiger partial charge in [-0.3, -0.25) is 4.79 Å². The predicted octanol–water partition coefficient (Wildman–Crippen LogP) is 0.958. The lowest BCUT2D eigenvalue weighted by molar-refractivity contribution is -0.145. The summed E-state index contributed by atoms with van der Waals surface area (Å²) in [5.41, 5.74) is 0.711. The van der Waals surface area contributed by atoms with Crippen LogP contribution in [0.5, 0.6) is 0 Å². The summed E-state index contributed by atoms with van der Waals surface area (Å²) in [6.45, 7) is 3.02. The van der Waals surface area contributed by atoms with E-state index >= 15 is 0 Å². The number of sulfonamides is 1. The van der Waals surface area contributed by atoms with E-state index in [1.807, 2.05) is 0 Å². The highest BCUT2D eigenvalue weighted by atomic mass is 32.2. The van der Waals surface area contributed by atoms with Crippen LogP contribution in [0, 0.1) is 0 Å². The molecule has 0 amide bonds. The maximum atomic E-state index is 11.0. The highest BCUT2D eigenvalue weighted by Gasteiger charge is 2.11. The van der Waals surface area contributed by atoms with Crippen molar-refractivity contribution in [2.45, 2.75) is 24.8 Å². The Bertz CT molecular complexity index is 478.